The average molecular weight is 493 g/mol. The highest BCUT2D eigenvalue weighted by molar-refractivity contribution is 6.33. The standard InChI is InChI=1S/C23H19ClF2N2O6/c24-21-18(26)6-5-17(25)20(21)19-9-14(34-27-19)11-33-13-3-1-12(2-4-13)15-7-8-28(23(31)32)10-16(15)22(29)30/h1-6,9,15-16H,7-8,10-11H2,(H,29,30)(H,31,32)/t15-,16+/m1/s1. The predicted octanol–water partition coefficient (Wildman–Crippen LogP) is 5.02. The number of carbonyl (C=O) groups is 2. The van der Waals surface area contributed by atoms with Crippen LogP contribution in [0.3, 0.4) is 0 Å². The second kappa shape index (κ2) is 9.68. The van der Waals surface area contributed by atoms with E-state index in [2.05, 4.69) is 5.16 Å². The van der Waals surface area contributed by atoms with Crippen LogP contribution in [-0.2, 0) is 11.4 Å². The van der Waals surface area contributed by atoms with E-state index in [0.717, 1.165) is 22.6 Å². The first-order valence-corrected chi connectivity index (χ1v) is 10.6. The summed E-state index contributed by atoms with van der Waals surface area (Å²) in [6, 6.07) is 10.1. The maximum Gasteiger partial charge on any atom is 0.407 e. The van der Waals surface area contributed by atoms with Crippen molar-refractivity contribution < 1.29 is 37.8 Å². The Hall–Kier alpha value is -3.66. The Labute approximate surface area is 197 Å². The highest BCUT2D eigenvalue weighted by atomic mass is 35.5. The number of carboxylic acids is 1. The molecule has 2 atom stereocenters. The number of hydrogen-bond donors (Lipinski definition) is 2. The molecule has 0 radical (unpaired) electrons. The lowest BCUT2D eigenvalue weighted by molar-refractivity contribution is -0.144. The third-order valence-corrected chi connectivity index (χ3v) is 6.12. The van der Waals surface area contributed by atoms with E-state index in [4.69, 9.17) is 26.0 Å². The molecule has 0 spiro atoms. The van der Waals surface area contributed by atoms with Crippen molar-refractivity contribution in [2.75, 3.05) is 13.1 Å². The minimum atomic E-state index is -1.13. The second-order valence-corrected chi connectivity index (χ2v) is 8.20. The molecule has 178 valence electrons. The van der Waals surface area contributed by atoms with Gasteiger partial charge in [0.05, 0.1) is 16.5 Å². The van der Waals surface area contributed by atoms with Crippen LogP contribution in [0.4, 0.5) is 13.6 Å². The van der Waals surface area contributed by atoms with Crippen molar-refractivity contribution in [3.8, 4) is 17.0 Å². The summed E-state index contributed by atoms with van der Waals surface area (Å²) in [6.45, 7) is 0.138. The monoisotopic (exact) mass is 492 g/mol. The van der Waals surface area contributed by atoms with Crippen LogP contribution in [0.1, 0.15) is 23.7 Å². The lowest BCUT2D eigenvalue weighted by Crippen LogP contribution is -2.45. The van der Waals surface area contributed by atoms with Gasteiger partial charge in [0, 0.05) is 25.1 Å². The van der Waals surface area contributed by atoms with E-state index in [9.17, 15) is 23.5 Å². The molecule has 0 aliphatic carbocycles. The molecule has 2 N–H and O–H groups in total. The molecule has 11 heteroatoms. The van der Waals surface area contributed by atoms with Crippen molar-refractivity contribution in [1.29, 1.82) is 0 Å². The Morgan fingerprint density at radius 3 is 2.53 bits per heavy atom. The molecule has 2 heterocycles. The van der Waals surface area contributed by atoms with Crippen LogP contribution in [-0.4, -0.2) is 45.4 Å². The van der Waals surface area contributed by atoms with Crippen molar-refractivity contribution in [3.05, 3.63) is 70.4 Å². The molecule has 2 aromatic carbocycles. The van der Waals surface area contributed by atoms with E-state index >= 15 is 0 Å². The maximum absolute atomic E-state index is 14.1. The maximum atomic E-state index is 14.1. The van der Waals surface area contributed by atoms with Gasteiger partial charge in [0.25, 0.3) is 0 Å². The fourth-order valence-electron chi connectivity index (χ4n) is 4.00. The number of nitrogens with zero attached hydrogens (tertiary/aromatic N) is 2. The number of hydrogen-bond acceptors (Lipinski definition) is 5. The summed E-state index contributed by atoms with van der Waals surface area (Å²) in [6.07, 6.45) is -0.741. The summed E-state index contributed by atoms with van der Waals surface area (Å²) >= 11 is 5.85. The number of carboxylic acid groups (broad SMARTS) is 2. The van der Waals surface area contributed by atoms with Gasteiger partial charge in [-0.15, -0.1) is 0 Å². The van der Waals surface area contributed by atoms with E-state index in [1.807, 2.05) is 0 Å². The zero-order valence-corrected chi connectivity index (χ0v) is 18.3. The SMILES string of the molecule is O=C(O)[C@H]1CN(C(=O)O)CC[C@@H]1c1ccc(OCc2cc(-c3c(F)ccc(F)c3Cl)no2)cc1. The number of likely N-dealkylation sites (tertiary alicyclic amines) is 1. The molecule has 1 aliphatic heterocycles. The van der Waals surface area contributed by atoms with Gasteiger partial charge in [0.2, 0.25) is 0 Å². The molecule has 8 nitrogen and oxygen atoms in total. The number of piperidine rings is 1. The Morgan fingerprint density at radius 1 is 1.15 bits per heavy atom. The van der Waals surface area contributed by atoms with Crippen molar-refractivity contribution in [3.63, 3.8) is 0 Å². The number of aliphatic carboxylic acids is 1. The summed E-state index contributed by atoms with van der Waals surface area (Å²) < 4.78 is 38.5. The van der Waals surface area contributed by atoms with Gasteiger partial charge in [0.15, 0.2) is 5.76 Å². The summed E-state index contributed by atoms with van der Waals surface area (Å²) in [5.74, 6) is -3.02. The number of aromatic nitrogens is 1. The quantitative estimate of drug-likeness (QED) is 0.464. The molecule has 0 unspecified atom stereocenters. The van der Waals surface area contributed by atoms with Crippen molar-refractivity contribution in [2.24, 2.45) is 5.92 Å². The largest absolute Gasteiger partial charge is 0.486 e. The molecule has 1 saturated heterocycles. The molecule has 1 amide bonds. The summed E-state index contributed by atoms with van der Waals surface area (Å²) in [7, 11) is 0. The summed E-state index contributed by atoms with van der Waals surface area (Å²) in [4.78, 5) is 24.0. The van der Waals surface area contributed by atoms with Crippen LogP contribution in [0.15, 0.2) is 47.0 Å². The highest BCUT2D eigenvalue weighted by Gasteiger charge is 2.36. The van der Waals surface area contributed by atoms with Crippen LogP contribution in [0, 0.1) is 17.6 Å². The van der Waals surface area contributed by atoms with Crippen LogP contribution in [0.5, 0.6) is 5.75 Å². The molecule has 1 aromatic heterocycles. The minimum absolute atomic E-state index is 0.0309. The Bertz CT molecular complexity index is 1220. The molecular formula is C23H19ClF2N2O6. The van der Waals surface area contributed by atoms with E-state index in [1.54, 1.807) is 24.3 Å². The van der Waals surface area contributed by atoms with Crippen molar-refractivity contribution in [1.82, 2.24) is 10.1 Å². The molecule has 4 rings (SSSR count). The number of ether oxygens (including phenoxy) is 1. The van der Waals surface area contributed by atoms with Gasteiger partial charge in [0.1, 0.15) is 29.7 Å². The lowest BCUT2D eigenvalue weighted by Gasteiger charge is -2.35. The van der Waals surface area contributed by atoms with Crippen LogP contribution < -0.4 is 4.74 Å². The summed E-state index contributed by atoms with van der Waals surface area (Å²) in [5, 5.41) is 22.0. The van der Waals surface area contributed by atoms with Gasteiger partial charge in [-0.1, -0.05) is 28.9 Å². The van der Waals surface area contributed by atoms with Crippen molar-refractivity contribution in [2.45, 2.75) is 18.9 Å². The third-order valence-electron chi connectivity index (χ3n) is 5.75. The van der Waals surface area contributed by atoms with Gasteiger partial charge < -0.3 is 24.4 Å². The van der Waals surface area contributed by atoms with Gasteiger partial charge in [-0.25, -0.2) is 13.6 Å². The zero-order chi connectivity index (χ0) is 24.4. The topological polar surface area (TPSA) is 113 Å². The molecule has 3 aromatic rings. The normalized spacial score (nSPS) is 18.0. The van der Waals surface area contributed by atoms with E-state index < -0.39 is 34.6 Å². The molecule has 1 aliphatic rings. The number of amides is 1. The van der Waals surface area contributed by atoms with E-state index in [0.29, 0.717) is 12.2 Å². The highest BCUT2D eigenvalue weighted by Crippen LogP contribution is 2.35. The fraction of sp³-hybridized carbons (Fsp3) is 0.261. The van der Waals surface area contributed by atoms with Gasteiger partial charge in [-0.3, -0.25) is 4.79 Å². The van der Waals surface area contributed by atoms with Crippen LogP contribution >= 0.6 is 11.6 Å². The van der Waals surface area contributed by atoms with Gasteiger partial charge in [-0.2, -0.15) is 0 Å². The predicted molar refractivity (Wildman–Crippen MR) is 116 cm³/mol. The van der Waals surface area contributed by atoms with Gasteiger partial charge >= 0.3 is 12.1 Å². The Morgan fingerprint density at radius 2 is 1.85 bits per heavy atom. The van der Waals surface area contributed by atoms with Crippen molar-refractivity contribution >= 4 is 23.7 Å². The zero-order valence-electron chi connectivity index (χ0n) is 17.6. The van der Waals surface area contributed by atoms with Crippen LogP contribution in [0.25, 0.3) is 11.3 Å². The Kier molecular flexibility index (Phi) is 6.69. The summed E-state index contributed by atoms with van der Waals surface area (Å²) in [5.41, 5.74) is 0.592. The molecule has 0 saturated carbocycles. The third kappa shape index (κ3) is 4.81. The second-order valence-electron chi connectivity index (χ2n) is 7.82. The molecular weight excluding hydrogens is 474 g/mol. The average Bonchev–Trinajstić information content (AvgIpc) is 3.29. The number of benzene rings is 2. The first kappa shape index (κ1) is 23.5. The fourth-order valence-corrected chi connectivity index (χ4v) is 4.25. The number of rotatable bonds is 6. The van der Waals surface area contributed by atoms with Crippen LogP contribution in [0.2, 0.25) is 5.02 Å². The lowest BCUT2D eigenvalue weighted by atomic mass is 9.80. The van der Waals surface area contributed by atoms with Gasteiger partial charge in [-0.05, 0) is 36.2 Å². The first-order chi connectivity index (χ1) is 16.2. The first-order valence-electron chi connectivity index (χ1n) is 10.3. The van der Waals surface area contributed by atoms with E-state index in [1.165, 1.54) is 6.07 Å². The minimum Gasteiger partial charge on any atom is -0.486 e. The van der Waals surface area contributed by atoms with E-state index in [-0.39, 0.29) is 42.6 Å². The number of halogens is 3. The molecule has 1 fully saturated rings. The molecule has 0 bridgehead atoms. The molecule has 34 heavy (non-hydrogen) atoms. The smallest absolute Gasteiger partial charge is 0.407 e. The Balaban J connectivity index is 1.42.